The van der Waals surface area contributed by atoms with Gasteiger partial charge >= 0.3 is 13.6 Å². The van der Waals surface area contributed by atoms with Gasteiger partial charge in [-0.15, -0.1) is 0 Å². The van der Waals surface area contributed by atoms with Crippen molar-refractivity contribution in [3.05, 3.63) is 47.0 Å². The van der Waals surface area contributed by atoms with Crippen molar-refractivity contribution in [1.29, 1.82) is 0 Å². The molecule has 0 radical (unpaired) electrons. The third kappa shape index (κ3) is 6.03. The van der Waals surface area contributed by atoms with Crippen molar-refractivity contribution in [1.82, 2.24) is 5.32 Å². The van der Waals surface area contributed by atoms with E-state index in [1.807, 2.05) is 44.2 Å². The third-order valence-electron chi connectivity index (χ3n) is 4.59. The molecule has 0 aromatic heterocycles. The number of benzene rings is 1. The summed E-state index contributed by atoms with van der Waals surface area (Å²) in [5.74, 6) is -1.33. The minimum Gasteiger partial charge on any atom is -0.459 e. The van der Waals surface area contributed by atoms with Crippen molar-refractivity contribution in [3.8, 4) is 0 Å². The van der Waals surface area contributed by atoms with Gasteiger partial charge in [-0.25, -0.2) is 4.79 Å². The van der Waals surface area contributed by atoms with Crippen LogP contribution in [0.5, 0.6) is 0 Å². The summed E-state index contributed by atoms with van der Waals surface area (Å²) >= 11 is 0. The minimum atomic E-state index is -4.35. The van der Waals surface area contributed by atoms with Gasteiger partial charge < -0.3 is 19.8 Å². The highest BCUT2D eigenvalue weighted by molar-refractivity contribution is 7.52. The van der Waals surface area contributed by atoms with Gasteiger partial charge in [0.25, 0.3) is 0 Å². The first-order valence-electron chi connectivity index (χ1n) is 9.12. The molecule has 1 aromatic carbocycles. The van der Waals surface area contributed by atoms with Crippen LogP contribution in [0.1, 0.15) is 40.2 Å². The Labute approximate surface area is 166 Å². The minimum absolute atomic E-state index is 0.0254. The number of esters is 1. The van der Waals surface area contributed by atoms with E-state index < -0.39 is 31.2 Å². The van der Waals surface area contributed by atoms with E-state index in [1.54, 1.807) is 20.8 Å². The maximum absolute atomic E-state index is 13.2. The van der Waals surface area contributed by atoms with Crippen molar-refractivity contribution in [2.45, 2.75) is 46.8 Å². The molecule has 1 aromatic rings. The van der Waals surface area contributed by atoms with Crippen LogP contribution in [0.4, 0.5) is 0 Å². The molecule has 28 heavy (non-hydrogen) atoms. The van der Waals surface area contributed by atoms with Crippen LogP contribution in [0.15, 0.2) is 41.5 Å². The smallest absolute Gasteiger partial charge is 0.336 e. The molecule has 0 aliphatic heterocycles. The van der Waals surface area contributed by atoms with E-state index in [9.17, 15) is 23.9 Å². The van der Waals surface area contributed by atoms with Crippen LogP contribution in [0.25, 0.3) is 0 Å². The molecule has 1 rings (SSSR count). The third-order valence-corrected chi connectivity index (χ3v) is 5.48. The number of amides is 1. The molecule has 0 aliphatic rings. The summed E-state index contributed by atoms with van der Waals surface area (Å²) in [6.07, 6.45) is -0.0710. The lowest BCUT2D eigenvalue weighted by molar-refractivity contribution is -0.154. The number of rotatable bonds is 10. The molecule has 0 fully saturated rings. The molecule has 0 saturated carbocycles. The number of nitrogens with one attached hydrogen (secondary N) is 1. The highest BCUT2D eigenvalue weighted by Gasteiger charge is 2.48. The van der Waals surface area contributed by atoms with Crippen molar-refractivity contribution in [2.24, 2.45) is 11.8 Å². The topological polar surface area (TPSA) is 113 Å². The van der Waals surface area contributed by atoms with Crippen molar-refractivity contribution in [3.63, 3.8) is 0 Å². The molecular formula is C20H30NO6P. The standard InChI is InChI=1S/C20H30NO6P/c1-14(2)18(16(5)12-28(24,25)26)20(15(3)4,21-13-22)19(23)27-11-17-9-7-6-8-10-17/h6-10,13-15H,11-12H2,1-5H3,(H,21,22)(H2,24,25,26). The maximum Gasteiger partial charge on any atom is 0.336 e. The average Bonchev–Trinajstić information content (AvgIpc) is 2.57. The predicted octanol–water partition coefficient (Wildman–Crippen LogP) is 3.02. The molecule has 0 spiro atoms. The molecule has 1 unspecified atom stereocenters. The van der Waals surface area contributed by atoms with Crippen LogP contribution in [0.3, 0.4) is 0 Å². The van der Waals surface area contributed by atoms with Gasteiger partial charge in [0.2, 0.25) is 6.41 Å². The van der Waals surface area contributed by atoms with E-state index in [4.69, 9.17) is 4.74 Å². The van der Waals surface area contributed by atoms with E-state index in [0.29, 0.717) is 17.6 Å². The van der Waals surface area contributed by atoms with Crippen LogP contribution in [0, 0.1) is 11.8 Å². The van der Waals surface area contributed by atoms with E-state index >= 15 is 0 Å². The van der Waals surface area contributed by atoms with E-state index in [1.165, 1.54) is 0 Å². The fourth-order valence-corrected chi connectivity index (χ4v) is 4.36. The van der Waals surface area contributed by atoms with Gasteiger partial charge in [0.1, 0.15) is 6.61 Å². The second-order valence-electron chi connectivity index (χ2n) is 7.46. The molecule has 156 valence electrons. The lowest BCUT2D eigenvalue weighted by Gasteiger charge is -2.40. The average molecular weight is 411 g/mol. The van der Waals surface area contributed by atoms with Crippen molar-refractivity contribution < 1.29 is 28.7 Å². The first kappa shape index (κ1) is 24.1. The maximum atomic E-state index is 13.2. The van der Waals surface area contributed by atoms with Crippen LogP contribution in [-0.4, -0.2) is 33.9 Å². The lowest BCUT2D eigenvalue weighted by Crippen LogP contribution is -2.59. The fourth-order valence-electron chi connectivity index (χ4n) is 3.57. The summed E-state index contributed by atoms with van der Waals surface area (Å²) in [4.78, 5) is 43.5. The molecular weight excluding hydrogens is 381 g/mol. The van der Waals surface area contributed by atoms with Gasteiger partial charge in [-0.2, -0.15) is 0 Å². The quantitative estimate of drug-likeness (QED) is 0.236. The number of hydrogen-bond acceptors (Lipinski definition) is 4. The molecule has 1 atom stereocenters. The first-order valence-corrected chi connectivity index (χ1v) is 10.9. The summed E-state index contributed by atoms with van der Waals surface area (Å²) in [6.45, 7) is 8.74. The summed E-state index contributed by atoms with van der Waals surface area (Å²) in [5, 5.41) is 2.61. The molecule has 1 amide bonds. The number of hydrogen-bond donors (Lipinski definition) is 3. The summed E-state index contributed by atoms with van der Waals surface area (Å²) in [7, 11) is -4.35. The molecule has 0 heterocycles. The zero-order valence-electron chi connectivity index (χ0n) is 17.0. The monoisotopic (exact) mass is 411 g/mol. The fraction of sp³-hybridized carbons (Fsp3) is 0.500. The number of allylic oxidation sites excluding steroid dienone is 1. The van der Waals surface area contributed by atoms with Crippen LogP contribution in [0.2, 0.25) is 0 Å². The zero-order chi connectivity index (χ0) is 21.5. The van der Waals surface area contributed by atoms with Gasteiger partial charge in [0, 0.05) is 0 Å². The largest absolute Gasteiger partial charge is 0.459 e. The Hall–Kier alpha value is -1.95. The number of ether oxygens (including phenoxy) is 1. The second kappa shape index (κ2) is 10.0. The van der Waals surface area contributed by atoms with Gasteiger partial charge in [0.15, 0.2) is 5.54 Å². The number of carbonyl (C=O) groups excluding carboxylic acids is 2. The Morgan fingerprint density at radius 3 is 2.21 bits per heavy atom. The lowest BCUT2D eigenvalue weighted by atomic mass is 9.73. The Balaban J connectivity index is 3.44. The van der Waals surface area contributed by atoms with Crippen LogP contribution < -0.4 is 5.32 Å². The SMILES string of the molecule is CC(CP(=O)(O)O)=C(C(C)C)C(NC=O)(C(=O)OCc1ccccc1)C(C)C. The Morgan fingerprint density at radius 2 is 1.79 bits per heavy atom. The molecule has 8 heteroatoms. The van der Waals surface area contributed by atoms with Gasteiger partial charge in [-0.05, 0) is 29.9 Å². The zero-order valence-corrected chi connectivity index (χ0v) is 17.9. The summed E-state index contributed by atoms with van der Waals surface area (Å²) < 4.78 is 17.1. The Kier molecular flexibility index (Phi) is 8.61. The highest BCUT2D eigenvalue weighted by Crippen LogP contribution is 2.42. The van der Waals surface area contributed by atoms with E-state index in [0.717, 1.165) is 5.56 Å². The first-order chi connectivity index (χ1) is 13.0. The highest BCUT2D eigenvalue weighted by atomic mass is 31.2. The normalized spacial score (nSPS) is 15.0. The van der Waals surface area contributed by atoms with Gasteiger partial charge in [-0.3, -0.25) is 9.36 Å². The Bertz CT molecular complexity index is 753. The van der Waals surface area contributed by atoms with Gasteiger partial charge in [0.05, 0.1) is 6.16 Å². The van der Waals surface area contributed by atoms with Crippen molar-refractivity contribution in [2.75, 3.05) is 6.16 Å². The van der Waals surface area contributed by atoms with Crippen LogP contribution in [-0.2, 0) is 25.5 Å². The summed E-state index contributed by atoms with van der Waals surface area (Å²) in [6, 6.07) is 9.13. The molecule has 7 nitrogen and oxygen atoms in total. The second-order valence-corrected chi connectivity index (χ2v) is 9.10. The predicted molar refractivity (Wildman–Crippen MR) is 107 cm³/mol. The number of carbonyl (C=O) groups is 2. The molecule has 0 bridgehead atoms. The van der Waals surface area contributed by atoms with E-state index in [-0.39, 0.29) is 12.5 Å². The molecule has 0 aliphatic carbocycles. The van der Waals surface area contributed by atoms with Crippen molar-refractivity contribution >= 4 is 20.0 Å². The summed E-state index contributed by atoms with van der Waals surface area (Å²) in [5.41, 5.74) is 0.0879. The molecule has 0 saturated heterocycles. The van der Waals surface area contributed by atoms with Crippen LogP contribution >= 0.6 is 7.60 Å². The Morgan fingerprint density at radius 1 is 1.21 bits per heavy atom. The van der Waals surface area contributed by atoms with E-state index in [2.05, 4.69) is 5.32 Å². The molecule has 3 N–H and O–H groups in total. The van der Waals surface area contributed by atoms with Gasteiger partial charge in [-0.1, -0.05) is 63.6 Å².